The molecule has 2 aliphatic rings. The number of piperidine rings is 1. The third-order valence-electron chi connectivity index (χ3n) is 5.36. The molecule has 3 rings (SSSR count). The zero-order valence-corrected chi connectivity index (χ0v) is 15.0. The number of carbonyl (C=O) groups excluding carboxylic acids is 1. The summed E-state index contributed by atoms with van der Waals surface area (Å²) in [5.74, 6) is 0. The maximum absolute atomic E-state index is 14.2. The van der Waals surface area contributed by atoms with Gasteiger partial charge in [0, 0.05) is 13.0 Å². The number of hydrogen-bond donors (Lipinski definition) is 2. The van der Waals surface area contributed by atoms with Crippen LogP contribution in [0.4, 0.5) is 24.5 Å². The number of nitrogen functional groups attached to an aromatic ring is 1. The van der Waals surface area contributed by atoms with Crippen LogP contribution in [0.25, 0.3) is 0 Å². The van der Waals surface area contributed by atoms with E-state index in [2.05, 4.69) is 5.32 Å². The van der Waals surface area contributed by atoms with Gasteiger partial charge in [-0.05, 0) is 43.4 Å². The summed E-state index contributed by atoms with van der Waals surface area (Å²) >= 11 is 0. The Kier molecular flexibility index (Phi) is 5.60. The second kappa shape index (κ2) is 7.76. The van der Waals surface area contributed by atoms with E-state index in [4.69, 9.17) is 5.73 Å². The van der Waals surface area contributed by atoms with Crippen LogP contribution in [0.15, 0.2) is 48.1 Å². The Hall–Kier alpha value is -2.28. The Balaban J connectivity index is 1.92. The quantitative estimate of drug-likeness (QED) is 0.593. The van der Waals surface area contributed by atoms with E-state index >= 15 is 0 Å². The zero-order valence-electron chi connectivity index (χ0n) is 15.0. The minimum absolute atomic E-state index is 0.132. The molecule has 1 aliphatic heterocycles. The molecule has 3 N–H and O–H groups in total. The van der Waals surface area contributed by atoms with E-state index in [1.807, 2.05) is 0 Å². The Morgan fingerprint density at radius 1 is 1.30 bits per heavy atom. The average Bonchev–Trinajstić information content (AvgIpc) is 2.64. The van der Waals surface area contributed by atoms with Crippen LogP contribution in [0.1, 0.15) is 32.1 Å². The number of likely N-dealkylation sites (tertiary alicyclic amines) is 1. The summed E-state index contributed by atoms with van der Waals surface area (Å²) in [5, 5.41) is 3.22. The molecule has 27 heavy (non-hydrogen) atoms. The summed E-state index contributed by atoms with van der Waals surface area (Å²) in [6.07, 6.45) is 2.08. The number of benzene rings is 1. The van der Waals surface area contributed by atoms with Crippen molar-refractivity contribution in [2.75, 3.05) is 17.6 Å². The Morgan fingerprint density at radius 3 is 2.70 bits per heavy atom. The Morgan fingerprint density at radius 2 is 2.07 bits per heavy atom. The van der Waals surface area contributed by atoms with E-state index in [-0.39, 0.29) is 12.8 Å². The molecule has 0 aromatic heterocycles. The van der Waals surface area contributed by atoms with Crippen molar-refractivity contribution in [1.82, 2.24) is 4.90 Å². The predicted molar refractivity (Wildman–Crippen MR) is 100 cm³/mol. The topological polar surface area (TPSA) is 58.4 Å². The second-order valence-electron chi connectivity index (χ2n) is 7.05. The first-order valence-corrected chi connectivity index (χ1v) is 9.14. The van der Waals surface area contributed by atoms with Gasteiger partial charge in [-0.2, -0.15) is 13.2 Å². The third kappa shape index (κ3) is 3.88. The van der Waals surface area contributed by atoms with Gasteiger partial charge in [0.05, 0.1) is 17.5 Å². The smallest absolute Gasteiger partial charge is 0.397 e. The number of alkyl halides is 3. The van der Waals surface area contributed by atoms with Gasteiger partial charge in [0.25, 0.3) is 0 Å². The lowest BCUT2D eigenvalue weighted by atomic mass is 9.83. The van der Waals surface area contributed by atoms with E-state index in [9.17, 15) is 18.0 Å². The highest BCUT2D eigenvalue weighted by atomic mass is 19.4. The van der Waals surface area contributed by atoms with Gasteiger partial charge < -0.3 is 15.8 Å². The fraction of sp³-hybridized carbons (Fsp3) is 0.450. The molecule has 0 radical (unpaired) electrons. The number of carbonyl (C=O) groups is 1. The number of rotatable bonds is 5. The van der Waals surface area contributed by atoms with Crippen molar-refractivity contribution in [3.05, 3.63) is 48.1 Å². The highest BCUT2D eigenvalue weighted by molar-refractivity contribution is 5.66. The Bertz CT molecular complexity index is 744. The van der Waals surface area contributed by atoms with Gasteiger partial charge in [-0.15, -0.1) is 0 Å². The van der Waals surface area contributed by atoms with Crippen LogP contribution in [0.3, 0.4) is 0 Å². The monoisotopic (exact) mass is 379 g/mol. The molecule has 2 atom stereocenters. The normalized spacial score (nSPS) is 26.5. The SMILES string of the molecule is Nc1ccccc1NC1CCCCN1C1(C(F)(F)F)C=CC(CC=O)=CC1. The van der Waals surface area contributed by atoms with Crippen LogP contribution in [-0.4, -0.2) is 35.6 Å². The molecule has 1 aromatic carbocycles. The van der Waals surface area contributed by atoms with Crippen LogP contribution in [-0.2, 0) is 4.79 Å². The van der Waals surface area contributed by atoms with Crippen molar-refractivity contribution in [1.29, 1.82) is 0 Å². The van der Waals surface area contributed by atoms with Crippen molar-refractivity contribution in [2.45, 2.75) is 50.0 Å². The molecule has 1 aromatic rings. The molecule has 146 valence electrons. The van der Waals surface area contributed by atoms with Gasteiger partial charge in [0.2, 0.25) is 0 Å². The molecule has 1 saturated heterocycles. The molecule has 2 unspecified atom stereocenters. The number of nitrogens with zero attached hydrogens (tertiary/aromatic N) is 1. The van der Waals surface area contributed by atoms with Crippen LogP contribution in [0, 0.1) is 0 Å². The lowest BCUT2D eigenvalue weighted by molar-refractivity contribution is -0.222. The first-order valence-electron chi connectivity index (χ1n) is 9.14. The van der Waals surface area contributed by atoms with Gasteiger partial charge in [0.1, 0.15) is 11.8 Å². The largest absolute Gasteiger partial charge is 0.410 e. The second-order valence-corrected chi connectivity index (χ2v) is 7.05. The van der Waals surface area contributed by atoms with Gasteiger partial charge in [-0.3, -0.25) is 4.90 Å². The number of nitrogens with one attached hydrogen (secondary N) is 1. The third-order valence-corrected chi connectivity index (χ3v) is 5.36. The molecule has 0 amide bonds. The maximum Gasteiger partial charge on any atom is 0.410 e. The number of halogens is 3. The van der Waals surface area contributed by atoms with Crippen molar-refractivity contribution in [3.8, 4) is 0 Å². The first kappa shape index (κ1) is 19.5. The summed E-state index contributed by atoms with van der Waals surface area (Å²) in [5.41, 5.74) is 5.67. The van der Waals surface area contributed by atoms with Gasteiger partial charge >= 0.3 is 6.18 Å². The van der Waals surface area contributed by atoms with Crippen molar-refractivity contribution in [3.63, 3.8) is 0 Å². The average molecular weight is 379 g/mol. The highest BCUT2D eigenvalue weighted by Gasteiger charge is 2.58. The lowest BCUT2D eigenvalue weighted by Gasteiger charge is -2.50. The van der Waals surface area contributed by atoms with Gasteiger partial charge in [-0.1, -0.05) is 30.4 Å². The van der Waals surface area contributed by atoms with Crippen LogP contribution < -0.4 is 11.1 Å². The number of aldehydes is 1. The van der Waals surface area contributed by atoms with Gasteiger partial charge in [-0.25, -0.2) is 0 Å². The minimum atomic E-state index is -4.44. The fourth-order valence-electron chi connectivity index (χ4n) is 3.87. The number of hydrogen-bond acceptors (Lipinski definition) is 4. The number of para-hydroxylation sites is 2. The van der Waals surface area contributed by atoms with Crippen molar-refractivity contribution >= 4 is 17.7 Å². The summed E-state index contributed by atoms with van der Waals surface area (Å²) in [4.78, 5) is 12.2. The van der Waals surface area contributed by atoms with Crippen LogP contribution in [0.2, 0.25) is 0 Å². The van der Waals surface area contributed by atoms with Crippen LogP contribution >= 0.6 is 0 Å². The van der Waals surface area contributed by atoms with Gasteiger partial charge in [0.15, 0.2) is 0 Å². The fourth-order valence-corrected chi connectivity index (χ4v) is 3.87. The van der Waals surface area contributed by atoms with E-state index in [0.29, 0.717) is 42.6 Å². The molecule has 0 bridgehead atoms. The summed E-state index contributed by atoms with van der Waals surface area (Å²) in [6.45, 7) is 0.338. The standard InChI is InChI=1S/C20H24F3N3O/c21-20(22,23)19(11-8-15(9-12-19)10-14-27)26-13-4-3-7-18(26)25-17-6-2-1-5-16(17)24/h1-2,5-6,8-9,11,14,18,25H,3-4,7,10,12-13,24H2. The van der Waals surface area contributed by atoms with E-state index in [1.165, 1.54) is 23.1 Å². The van der Waals surface area contributed by atoms with Crippen molar-refractivity contribution < 1.29 is 18.0 Å². The Labute approximate surface area is 156 Å². The molecule has 0 saturated carbocycles. The van der Waals surface area contributed by atoms with Crippen LogP contribution in [0.5, 0.6) is 0 Å². The first-order chi connectivity index (χ1) is 12.9. The molecule has 0 spiro atoms. The van der Waals surface area contributed by atoms with E-state index in [1.54, 1.807) is 24.3 Å². The number of nitrogens with two attached hydrogens (primary N) is 1. The summed E-state index contributed by atoms with van der Waals surface area (Å²) < 4.78 is 42.7. The number of allylic oxidation sites excluding steroid dienone is 2. The summed E-state index contributed by atoms with van der Waals surface area (Å²) in [6, 6.07) is 7.10. The zero-order chi connectivity index (χ0) is 19.5. The maximum atomic E-state index is 14.2. The summed E-state index contributed by atoms with van der Waals surface area (Å²) in [7, 11) is 0. The molecule has 7 heteroatoms. The van der Waals surface area contributed by atoms with E-state index < -0.39 is 17.9 Å². The molecule has 1 fully saturated rings. The molecular weight excluding hydrogens is 355 g/mol. The van der Waals surface area contributed by atoms with Crippen molar-refractivity contribution in [2.24, 2.45) is 0 Å². The number of anilines is 2. The molecule has 4 nitrogen and oxygen atoms in total. The lowest BCUT2D eigenvalue weighted by Crippen LogP contribution is -2.64. The molecule has 1 heterocycles. The predicted octanol–water partition coefficient (Wildman–Crippen LogP) is 4.27. The highest BCUT2D eigenvalue weighted by Crippen LogP contribution is 2.45. The molecular formula is C20H24F3N3O. The minimum Gasteiger partial charge on any atom is -0.397 e. The van der Waals surface area contributed by atoms with E-state index in [0.717, 1.165) is 6.42 Å². The molecule has 1 aliphatic carbocycles.